The fraction of sp³-hybridized carbons (Fsp3) is 0.875. The molecule has 1 fully saturated rings. The predicted molar refractivity (Wildman–Crippen MR) is 49.4 cm³/mol. The predicted octanol–water partition coefficient (Wildman–Crippen LogP) is 0.827. The Labute approximate surface area is 79.3 Å². The summed E-state index contributed by atoms with van der Waals surface area (Å²) in [6.07, 6.45) is 0. The van der Waals surface area contributed by atoms with Gasteiger partial charge in [-0.25, -0.2) is 0 Å². The van der Waals surface area contributed by atoms with E-state index in [9.17, 15) is 4.79 Å². The van der Waals surface area contributed by atoms with E-state index in [1.165, 1.54) is 0 Å². The van der Waals surface area contributed by atoms with Crippen molar-refractivity contribution in [2.45, 2.75) is 13.8 Å². The average molecular weight is 194 g/mol. The molecule has 3 nitrogen and oxygen atoms in total. The van der Waals surface area contributed by atoms with E-state index in [0.29, 0.717) is 12.5 Å². The number of nitrogens with one attached hydrogen (secondary N) is 1. The van der Waals surface area contributed by atoms with Crippen molar-refractivity contribution in [1.29, 1.82) is 0 Å². The van der Waals surface area contributed by atoms with Crippen molar-refractivity contribution in [3.63, 3.8) is 0 Å². The van der Waals surface area contributed by atoms with Gasteiger partial charge in [0, 0.05) is 6.54 Å². The van der Waals surface area contributed by atoms with Gasteiger partial charge < -0.3 is 10.1 Å². The van der Waals surface area contributed by atoms with Crippen LogP contribution in [0.2, 0.25) is 0 Å². The number of hydrogen-bond acceptors (Lipinski definition) is 3. The van der Waals surface area contributed by atoms with Gasteiger partial charge in [0.15, 0.2) is 0 Å². The third kappa shape index (κ3) is 2.64. The van der Waals surface area contributed by atoms with Gasteiger partial charge in [-0.1, -0.05) is 6.92 Å². The quantitative estimate of drug-likeness (QED) is 0.661. The minimum Gasteiger partial charge on any atom is -0.466 e. The number of carbonyl (C=O) groups excluding carboxylic acids is 1. The summed E-state index contributed by atoms with van der Waals surface area (Å²) >= 11 is 0. The third-order valence-corrected chi connectivity index (χ3v) is 2.11. The number of esters is 1. The van der Waals surface area contributed by atoms with Crippen molar-refractivity contribution >= 4 is 18.4 Å². The molecule has 0 unspecified atom stereocenters. The normalized spacial score (nSPS) is 27.8. The van der Waals surface area contributed by atoms with Crippen LogP contribution >= 0.6 is 12.4 Å². The van der Waals surface area contributed by atoms with E-state index in [-0.39, 0.29) is 24.3 Å². The Bertz CT molecular complexity index is 152. The highest BCUT2D eigenvalue weighted by Crippen LogP contribution is 2.16. The Morgan fingerprint density at radius 1 is 1.58 bits per heavy atom. The lowest BCUT2D eigenvalue weighted by molar-refractivity contribution is -0.148. The lowest BCUT2D eigenvalue weighted by Gasteiger charge is -2.11. The van der Waals surface area contributed by atoms with Crippen molar-refractivity contribution in [3.8, 4) is 0 Å². The molecule has 1 saturated heterocycles. The maximum Gasteiger partial charge on any atom is 0.310 e. The fourth-order valence-corrected chi connectivity index (χ4v) is 1.37. The molecular formula is C8H16ClNO2. The van der Waals surface area contributed by atoms with Crippen molar-refractivity contribution in [2.75, 3.05) is 19.7 Å². The van der Waals surface area contributed by atoms with Crippen LogP contribution in [0.1, 0.15) is 13.8 Å². The molecule has 1 aliphatic heterocycles. The minimum absolute atomic E-state index is 0. The number of hydrogen-bond donors (Lipinski definition) is 1. The van der Waals surface area contributed by atoms with E-state index in [4.69, 9.17) is 4.74 Å². The smallest absolute Gasteiger partial charge is 0.310 e. The molecule has 1 rings (SSSR count). The van der Waals surface area contributed by atoms with Crippen LogP contribution in [0.25, 0.3) is 0 Å². The van der Waals surface area contributed by atoms with Crippen molar-refractivity contribution in [3.05, 3.63) is 0 Å². The second kappa shape index (κ2) is 5.38. The van der Waals surface area contributed by atoms with E-state index in [1.807, 2.05) is 6.92 Å². The zero-order valence-corrected chi connectivity index (χ0v) is 8.32. The first-order valence-electron chi connectivity index (χ1n) is 4.13. The standard InChI is InChI=1S/C8H15NO2.ClH/c1-3-11-8(10)7-5-9-4-6(7)2;/h6-7,9H,3-5H2,1-2H3;1H/t6-,7-;/m1./s1. The van der Waals surface area contributed by atoms with Gasteiger partial charge >= 0.3 is 5.97 Å². The Kier molecular flexibility index (Phi) is 5.25. The summed E-state index contributed by atoms with van der Waals surface area (Å²) in [6, 6.07) is 0. The van der Waals surface area contributed by atoms with Gasteiger partial charge in [-0.05, 0) is 19.4 Å². The maximum atomic E-state index is 11.2. The highest BCUT2D eigenvalue weighted by Gasteiger charge is 2.30. The molecule has 0 amide bonds. The van der Waals surface area contributed by atoms with Gasteiger partial charge in [0.25, 0.3) is 0 Å². The minimum atomic E-state index is -0.0509. The molecule has 1 aliphatic rings. The van der Waals surface area contributed by atoms with Crippen LogP contribution in [-0.4, -0.2) is 25.7 Å². The summed E-state index contributed by atoms with van der Waals surface area (Å²) in [5, 5.41) is 3.16. The van der Waals surface area contributed by atoms with Gasteiger partial charge in [0.1, 0.15) is 0 Å². The summed E-state index contributed by atoms with van der Waals surface area (Å²) < 4.78 is 4.92. The molecule has 1 heterocycles. The molecule has 0 radical (unpaired) electrons. The summed E-state index contributed by atoms with van der Waals surface area (Å²) in [5.74, 6) is 0.453. The summed E-state index contributed by atoms with van der Waals surface area (Å²) in [7, 11) is 0. The molecule has 1 N–H and O–H groups in total. The van der Waals surface area contributed by atoms with Crippen LogP contribution in [0.4, 0.5) is 0 Å². The largest absolute Gasteiger partial charge is 0.466 e. The topological polar surface area (TPSA) is 38.3 Å². The molecular weight excluding hydrogens is 178 g/mol. The first-order chi connectivity index (χ1) is 5.25. The number of rotatable bonds is 2. The van der Waals surface area contributed by atoms with E-state index in [2.05, 4.69) is 12.2 Å². The molecule has 0 aromatic carbocycles. The molecule has 4 heteroatoms. The van der Waals surface area contributed by atoms with Crippen LogP contribution in [0.3, 0.4) is 0 Å². The molecule has 0 saturated carbocycles. The van der Waals surface area contributed by atoms with E-state index >= 15 is 0 Å². The Morgan fingerprint density at radius 2 is 2.25 bits per heavy atom. The summed E-state index contributed by atoms with van der Waals surface area (Å²) in [5.41, 5.74) is 0. The van der Waals surface area contributed by atoms with Crippen LogP contribution in [0.5, 0.6) is 0 Å². The SMILES string of the molecule is CCOC(=O)[C@@H]1CNC[C@H]1C.Cl. The van der Waals surface area contributed by atoms with E-state index < -0.39 is 0 Å². The Hall–Kier alpha value is -0.280. The summed E-state index contributed by atoms with van der Waals surface area (Å²) in [4.78, 5) is 11.2. The second-order valence-electron chi connectivity index (χ2n) is 2.99. The summed E-state index contributed by atoms with van der Waals surface area (Å²) in [6.45, 7) is 6.11. The number of ether oxygens (including phenoxy) is 1. The molecule has 0 bridgehead atoms. The zero-order chi connectivity index (χ0) is 8.27. The van der Waals surface area contributed by atoms with Crippen molar-refractivity contribution < 1.29 is 9.53 Å². The molecule has 72 valence electrons. The lowest BCUT2D eigenvalue weighted by Crippen LogP contribution is -2.23. The molecule has 0 spiro atoms. The number of carbonyl (C=O) groups is 1. The van der Waals surface area contributed by atoms with Crippen LogP contribution in [0.15, 0.2) is 0 Å². The van der Waals surface area contributed by atoms with Crippen LogP contribution in [0, 0.1) is 11.8 Å². The van der Waals surface area contributed by atoms with Crippen LogP contribution < -0.4 is 5.32 Å². The van der Waals surface area contributed by atoms with Gasteiger partial charge in [0.05, 0.1) is 12.5 Å². The van der Waals surface area contributed by atoms with Gasteiger partial charge in [-0.15, -0.1) is 12.4 Å². The van der Waals surface area contributed by atoms with E-state index in [0.717, 1.165) is 13.1 Å². The van der Waals surface area contributed by atoms with Crippen molar-refractivity contribution in [2.24, 2.45) is 11.8 Å². The van der Waals surface area contributed by atoms with Crippen LogP contribution in [-0.2, 0) is 9.53 Å². The average Bonchev–Trinajstić information content (AvgIpc) is 2.36. The van der Waals surface area contributed by atoms with E-state index in [1.54, 1.807) is 0 Å². The molecule has 2 atom stereocenters. The molecule has 0 aromatic rings. The Balaban J connectivity index is 0.00000121. The van der Waals surface area contributed by atoms with Gasteiger partial charge in [-0.2, -0.15) is 0 Å². The fourth-order valence-electron chi connectivity index (χ4n) is 1.37. The first kappa shape index (κ1) is 11.7. The zero-order valence-electron chi connectivity index (χ0n) is 7.50. The third-order valence-electron chi connectivity index (χ3n) is 2.11. The molecule has 0 aliphatic carbocycles. The number of halogens is 1. The lowest BCUT2D eigenvalue weighted by atomic mass is 9.99. The highest BCUT2D eigenvalue weighted by molar-refractivity contribution is 5.85. The maximum absolute atomic E-state index is 11.2. The van der Waals surface area contributed by atoms with Gasteiger partial charge in [0.2, 0.25) is 0 Å². The monoisotopic (exact) mass is 193 g/mol. The van der Waals surface area contributed by atoms with Gasteiger partial charge in [-0.3, -0.25) is 4.79 Å². The molecule has 12 heavy (non-hydrogen) atoms. The Morgan fingerprint density at radius 3 is 2.67 bits per heavy atom. The van der Waals surface area contributed by atoms with Crippen molar-refractivity contribution in [1.82, 2.24) is 5.32 Å². The molecule has 0 aromatic heterocycles. The first-order valence-corrected chi connectivity index (χ1v) is 4.13. The second-order valence-corrected chi connectivity index (χ2v) is 2.99. The highest BCUT2D eigenvalue weighted by atomic mass is 35.5.